The number of benzene rings is 1. The first-order valence-corrected chi connectivity index (χ1v) is 7.35. The van der Waals surface area contributed by atoms with Crippen LogP contribution in [-0.4, -0.2) is 11.8 Å². The van der Waals surface area contributed by atoms with E-state index in [0.29, 0.717) is 11.8 Å². The maximum atomic E-state index is 13.7. The van der Waals surface area contributed by atoms with Crippen LogP contribution >= 0.6 is 11.8 Å². The van der Waals surface area contributed by atoms with Gasteiger partial charge >= 0.3 is 0 Å². The van der Waals surface area contributed by atoms with E-state index in [1.165, 1.54) is 38.2 Å². The van der Waals surface area contributed by atoms with Gasteiger partial charge in [0.1, 0.15) is 5.82 Å². The van der Waals surface area contributed by atoms with Crippen LogP contribution in [0.15, 0.2) is 24.3 Å². The molecule has 0 radical (unpaired) electrons. The van der Waals surface area contributed by atoms with Gasteiger partial charge in [-0.2, -0.15) is 0 Å². The topological polar surface area (TPSA) is 26.0 Å². The Morgan fingerprint density at radius 3 is 2.59 bits per heavy atom. The van der Waals surface area contributed by atoms with Gasteiger partial charge in [0.15, 0.2) is 0 Å². The molecule has 0 aliphatic heterocycles. The van der Waals surface area contributed by atoms with Crippen molar-refractivity contribution in [1.29, 1.82) is 0 Å². The molecule has 3 heteroatoms. The zero-order valence-corrected chi connectivity index (χ0v) is 10.9. The number of thioether (sulfide) groups is 1. The third kappa shape index (κ3) is 3.46. The highest BCUT2D eigenvalue weighted by Crippen LogP contribution is 2.38. The number of nitrogens with two attached hydrogens (primary N) is 1. The molecule has 1 aromatic carbocycles. The maximum absolute atomic E-state index is 13.7. The second-order valence-electron chi connectivity index (χ2n) is 4.64. The fourth-order valence-electron chi connectivity index (χ4n) is 2.43. The van der Waals surface area contributed by atoms with Crippen LogP contribution in [-0.2, 0) is 0 Å². The van der Waals surface area contributed by atoms with E-state index in [9.17, 15) is 4.39 Å². The van der Waals surface area contributed by atoms with Gasteiger partial charge in [0.05, 0.1) is 0 Å². The lowest BCUT2D eigenvalue weighted by Gasteiger charge is -2.26. The molecule has 0 saturated heterocycles. The summed E-state index contributed by atoms with van der Waals surface area (Å²) in [6, 6.07) is 7.02. The molecule has 1 unspecified atom stereocenters. The molecule has 1 nitrogen and oxygen atoms in total. The molecule has 1 fully saturated rings. The van der Waals surface area contributed by atoms with Gasteiger partial charge in [-0.25, -0.2) is 4.39 Å². The van der Waals surface area contributed by atoms with E-state index in [1.807, 2.05) is 23.9 Å². The van der Waals surface area contributed by atoms with Crippen molar-refractivity contribution in [3.63, 3.8) is 0 Å². The summed E-state index contributed by atoms with van der Waals surface area (Å²) in [5, 5.41) is 0.774. The van der Waals surface area contributed by atoms with Crippen LogP contribution in [0.1, 0.15) is 42.9 Å². The molecule has 2 N–H and O–H groups in total. The number of hydrogen-bond donors (Lipinski definition) is 1. The van der Waals surface area contributed by atoms with Crippen molar-refractivity contribution in [2.24, 2.45) is 5.73 Å². The summed E-state index contributed by atoms with van der Waals surface area (Å²) >= 11 is 1.87. The van der Waals surface area contributed by atoms with Crippen molar-refractivity contribution in [3.8, 4) is 0 Å². The predicted molar refractivity (Wildman–Crippen MR) is 72.7 cm³/mol. The van der Waals surface area contributed by atoms with Gasteiger partial charge in [0, 0.05) is 22.6 Å². The quantitative estimate of drug-likeness (QED) is 0.881. The lowest BCUT2D eigenvalue weighted by atomic mass is 10.0. The molecular formula is C14H20FNS. The molecule has 1 atom stereocenters. The Kier molecular flexibility index (Phi) is 4.86. The van der Waals surface area contributed by atoms with Gasteiger partial charge in [-0.3, -0.25) is 0 Å². The molecule has 1 aliphatic carbocycles. The fourth-order valence-corrected chi connectivity index (χ4v) is 3.94. The van der Waals surface area contributed by atoms with Crippen LogP contribution in [0.5, 0.6) is 0 Å². The Balaban J connectivity index is 2.03. The van der Waals surface area contributed by atoms with Gasteiger partial charge in [-0.15, -0.1) is 11.8 Å². The van der Waals surface area contributed by atoms with Gasteiger partial charge in [-0.1, -0.05) is 37.5 Å². The summed E-state index contributed by atoms with van der Waals surface area (Å²) in [7, 11) is 0. The standard InChI is InChI=1S/C14H20FNS/c15-13-9-5-4-8-12(13)14(10-16)17-11-6-2-1-3-7-11/h4-5,8-9,11,14H,1-3,6-7,10,16H2. The average molecular weight is 253 g/mol. The third-order valence-electron chi connectivity index (χ3n) is 3.38. The second-order valence-corrected chi connectivity index (χ2v) is 6.15. The van der Waals surface area contributed by atoms with Crippen molar-refractivity contribution in [3.05, 3.63) is 35.6 Å². The molecule has 2 rings (SSSR count). The minimum absolute atomic E-state index is 0.110. The lowest BCUT2D eigenvalue weighted by molar-refractivity contribution is 0.514. The summed E-state index contributed by atoms with van der Waals surface area (Å²) in [5.41, 5.74) is 6.57. The van der Waals surface area contributed by atoms with Crippen LogP contribution in [0.25, 0.3) is 0 Å². The van der Waals surface area contributed by atoms with Crippen molar-refractivity contribution in [2.75, 3.05) is 6.54 Å². The molecule has 1 aliphatic rings. The normalized spacial score (nSPS) is 19.2. The van der Waals surface area contributed by atoms with Crippen LogP contribution in [0.4, 0.5) is 4.39 Å². The minimum atomic E-state index is -0.119. The highest BCUT2D eigenvalue weighted by Gasteiger charge is 2.21. The smallest absolute Gasteiger partial charge is 0.127 e. The summed E-state index contributed by atoms with van der Waals surface area (Å²) in [6.45, 7) is 0.516. The fraction of sp³-hybridized carbons (Fsp3) is 0.571. The second kappa shape index (κ2) is 6.41. The van der Waals surface area contributed by atoms with E-state index < -0.39 is 0 Å². The van der Waals surface area contributed by atoms with Crippen LogP contribution < -0.4 is 5.73 Å². The highest BCUT2D eigenvalue weighted by atomic mass is 32.2. The van der Waals surface area contributed by atoms with Crippen molar-refractivity contribution >= 4 is 11.8 Å². The molecule has 0 amide bonds. The average Bonchev–Trinajstić information content (AvgIpc) is 2.38. The van der Waals surface area contributed by atoms with Crippen LogP contribution in [0, 0.1) is 5.82 Å². The van der Waals surface area contributed by atoms with E-state index in [4.69, 9.17) is 5.73 Å². The molecular weight excluding hydrogens is 233 g/mol. The Labute approximate surface area is 107 Å². The van der Waals surface area contributed by atoms with E-state index in [0.717, 1.165) is 5.56 Å². The predicted octanol–water partition coefficient (Wildman–Crippen LogP) is 3.89. The van der Waals surface area contributed by atoms with E-state index in [2.05, 4.69) is 0 Å². The van der Waals surface area contributed by atoms with Crippen molar-refractivity contribution in [2.45, 2.75) is 42.6 Å². The number of halogens is 1. The minimum Gasteiger partial charge on any atom is -0.329 e. The number of rotatable bonds is 4. The summed E-state index contributed by atoms with van der Waals surface area (Å²) < 4.78 is 13.7. The van der Waals surface area contributed by atoms with Crippen LogP contribution in [0.3, 0.4) is 0 Å². The Morgan fingerprint density at radius 1 is 1.24 bits per heavy atom. The molecule has 1 saturated carbocycles. The molecule has 0 bridgehead atoms. The van der Waals surface area contributed by atoms with Gasteiger partial charge < -0.3 is 5.73 Å². The molecule has 0 spiro atoms. The van der Waals surface area contributed by atoms with Crippen molar-refractivity contribution < 1.29 is 4.39 Å². The van der Waals surface area contributed by atoms with Gasteiger partial charge in [-0.05, 0) is 18.9 Å². The molecule has 0 aromatic heterocycles. The zero-order valence-electron chi connectivity index (χ0n) is 10.1. The largest absolute Gasteiger partial charge is 0.329 e. The van der Waals surface area contributed by atoms with E-state index >= 15 is 0 Å². The van der Waals surface area contributed by atoms with E-state index in [1.54, 1.807) is 6.07 Å². The first-order valence-electron chi connectivity index (χ1n) is 6.41. The Hall–Kier alpha value is -0.540. The summed E-state index contributed by atoms with van der Waals surface area (Å²) in [6.07, 6.45) is 6.49. The lowest BCUT2D eigenvalue weighted by Crippen LogP contribution is -2.17. The summed E-state index contributed by atoms with van der Waals surface area (Å²) in [4.78, 5) is 0. The summed E-state index contributed by atoms with van der Waals surface area (Å²) in [5.74, 6) is -0.119. The number of hydrogen-bond acceptors (Lipinski definition) is 2. The van der Waals surface area contributed by atoms with Crippen molar-refractivity contribution in [1.82, 2.24) is 0 Å². The monoisotopic (exact) mass is 253 g/mol. The Morgan fingerprint density at radius 2 is 1.94 bits per heavy atom. The maximum Gasteiger partial charge on any atom is 0.127 e. The van der Waals surface area contributed by atoms with Crippen LogP contribution in [0.2, 0.25) is 0 Å². The molecule has 0 heterocycles. The zero-order chi connectivity index (χ0) is 12.1. The SMILES string of the molecule is NCC(SC1CCCCC1)c1ccccc1F. The van der Waals surface area contributed by atoms with Gasteiger partial charge in [0.25, 0.3) is 0 Å². The molecule has 94 valence electrons. The van der Waals surface area contributed by atoms with E-state index in [-0.39, 0.29) is 11.1 Å². The van der Waals surface area contributed by atoms with Gasteiger partial charge in [0.2, 0.25) is 0 Å². The first-order chi connectivity index (χ1) is 8.31. The third-order valence-corrected chi connectivity index (χ3v) is 5.01. The molecule has 17 heavy (non-hydrogen) atoms. The molecule has 1 aromatic rings. The Bertz CT molecular complexity index is 350. The highest BCUT2D eigenvalue weighted by molar-refractivity contribution is 8.00. The first kappa shape index (κ1) is 12.9.